The molecule has 3 aromatic carbocycles. The van der Waals surface area contributed by atoms with Crippen molar-refractivity contribution in [2.75, 3.05) is 11.4 Å². The minimum atomic E-state index is -0.358. The van der Waals surface area contributed by atoms with Gasteiger partial charge in [-0.2, -0.15) is 0 Å². The lowest BCUT2D eigenvalue weighted by Gasteiger charge is -2.32. The van der Waals surface area contributed by atoms with Gasteiger partial charge in [0.25, 0.3) is 0 Å². The molecule has 1 aliphatic heterocycles. The van der Waals surface area contributed by atoms with Crippen LogP contribution in [0, 0.1) is 0 Å². The molecule has 0 unspecified atom stereocenters. The van der Waals surface area contributed by atoms with E-state index < -0.39 is 0 Å². The number of benzene rings is 3. The largest absolute Gasteiger partial charge is 0.457 e. The van der Waals surface area contributed by atoms with E-state index in [0.29, 0.717) is 6.54 Å². The molecule has 0 radical (unpaired) electrons. The quantitative estimate of drug-likeness (QED) is 0.581. The smallest absolute Gasteiger partial charge is 0.239 e. The molecule has 27 heavy (non-hydrogen) atoms. The normalized spacial score (nSPS) is 12.6. The molecule has 0 aromatic heterocycles. The minimum absolute atomic E-state index is 0.0952. The molecule has 0 saturated carbocycles. The summed E-state index contributed by atoms with van der Waals surface area (Å²) in [5.74, 6) is 1.26. The summed E-state index contributed by atoms with van der Waals surface area (Å²) in [5.41, 5.74) is 2.80. The number of hydrogen-bond donors (Lipinski definition) is 0. The molecule has 0 aliphatic carbocycles. The highest BCUT2D eigenvalue weighted by Crippen LogP contribution is 2.45. The number of nitrogens with zero attached hydrogens (tertiary/aromatic N) is 1. The predicted molar refractivity (Wildman–Crippen MR) is 109 cm³/mol. The molecule has 0 fully saturated rings. The Bertz CT molecular complexity index is 890. The maximum Gasteiger partial charge on any atom is 0.239 e. The standard InChI is InChI=1S/C24H23NO2/c1-2-3-17-25(18-11-5-4-6-12-18)24(26)23-19-13-7-9-15-21(19)27-22-16-10-8-14-20(22)23/h4-16,23H,2-3,17H2,1H3. The Kier molecular flexibility index (Phi) is 4.93. The van der Waals surface area contributed by atoms with Crippen LogP contribution in [0.4, 0.5) is 5.69 Å². The molecular weight excluding hydrogens is 334 g/mol. The molecule has 3 nitrogen and oxygen atoms in total. The van der Waals surface area contributed by atoms with E-state index in [1.54, 1.807) is 0 Å². The zero-order valence-corrected chi connectivity index (χ0v) is 15.5. The van der Waals surface area contributed by atoms with Crippen LogP contribution in [0.3, 0.4) is 0 Å². The lowest BCUT2D eigenvalue weighted by Crippen LogP contribution is -2.37. The first-order chi connectivity index (χ1) is 13.3. The van der Waals surface area contributed by atoms with Crippen LogP contribution < -0.4 is 9.64 Å². The van der Waals surface area contributed by atoms with Crippen molar-refractivity contribution < 1.29 is 9.53 Å². The summed E-state index contributed by atoms with van der Waals surface area (Å²) in [6.45, 7) is 2.85. The van der Waals surface area contributed by atoms with Crippen LogP contribution in [0.5, 0.6) is 11.5 Å². The first kappa shape index (κ1) is 17.3. The molecule has 0 N–H and O–H groups in total. The Balaban J connectivity index is 1.80. The fourth-order valence-corrected chi connectivity index (χ4v) is 3.62. The molecular formula is C24H23NO2. The number of para-hydroxylation sites is 3. The average Bonchev–Trinajstić information content (AvgIpc) is 2.73. The van der Waals surface area contributed by atoms with Crippen molar-refractivity contribution in [2.24, 2.45) is 0 Å². The molecule has 1 aliphatic rings. The zero-order valence-electron chi connectivity index (χ0n) is 15.5. The average molecular weight is 357 g/mol. The number of carbonyl (C=O) groups is 1. The van der Waals surface area contributed by atoms with Crippen LogP contribution in [0.25, 0.3) is 0 Å². The fourth-order valence-electron chi connectivity index (χ4n) is 3.62. The highest BCUT2D eigenvalue weighted by Gasteiger charge is 2.35. The van der Waals surface area contributed by atoms with Crippen molar-refractivity contribution in [3.8, 4) is 11.5 Å². The Morgan fingerprint density at radius 1 is 0.852 bits per heavy atom. The van der Waals surface area contributed by atoms with Gasteiger partial charge < -0.3 is 9.64 Å². The van der Waals surface area contributed by atoms with Gasteiger partial charge in [-0.1, -0.05) is 67.9 Å². The summed E-state index contributed by atoms with van der Waals surface area (Å²) in [6.07, 6.45) is 2.00. The monoisotopic (exact) mass is 357 g/mol. The maximum absolute atomic E-state index is 13.8. The van der Waals surface area contributed by atoms with Crippen molar-refractivity contribution in [2.45, 2.75) is 25.7 Å². The Morgan fingerprint density at radius 2 is 1.41 bits per heavy atom. The summed E-state index contributed by atoms with van der Waals surface area (Å²) in [7, 11) is 0. The molecule has 3 aromatic rings. The van der Waals surface area contributed by atoms with E-state index in [4.69, 9.17) is 4.74 Å². The van der Waals surface area contributed by atoms with Crippen molar-refractivity contribution in [1.82, 2.24) is 0 Å². The van der Waals surface area contributed by atoms with Gasteiger partial charge >= 0.3 is 0 Å². The van der Waals surface area contributed by atoms with Crippen molar-refractivity contribution >= 4 is 11.6 Å². The first-order valence-electron chi connectivity index (χ1n) is 9.51. The number of anilines is 1. The summed E-state index contributed by atoms with van der Waals surface area (Å²) in [5, 5.41) is 0. The Hall–Kier alpha value is -3.07. The van der Waals surface area contributed by atoms with E-state index in [0.717, 1.165) is 41.2 Å². The van der Waals surface area contributed by atoms with E-state index in [1.165, 1.54) is 0 Å². The lowest BCUT2D eigenvalue weighted by atomic mass is 9.86. The van der Waals surface area contributed by atoms with Gasteiger partial charge in [-0.25, -0.2) is 0 Å². The molecule has 0 spiro atoms. The highest BCUT2D eigenvalue weighted by molar-refractivity contribution is 6.01. The number of unbranched alkanes of at least 4 members (excludes halogenated alkanes) is 1. The van der Waals surface area contributed by atoms with E-state index in [9.17, 15) is 4.79 Å². The van der Waals surface area contributed by atoms with Gasteiger partial charge in [0, 0.05) is 23.4 Å². The van der Waals surface area contributed by atoms with Crippen LogP contribution in [0.2, 0.25) is 0 Å². The van der Waals surface area contributed by atoms with Crippen LogP contribution in [0.1, 0.15) is 36.8 Å². The van der Waals surface area contributed by atoms with Gasteiger partial charge in [0.1, 0.15) is 11.5 Å². The second kappa shape index (κ2) is 7.67. The number of hydrogen-bond acceptors (Lipinski definition) is 2. The summed E-state index contributed by atoms with van der Waals surface area (Å²) < 4.78 is 6.05. The van der Waals surface area contributed by atoms with Gasteiger partial charge in [-0.3, -0.25) is 4.79 Å². The first-order valence-corrected chi connectivity index (χ1v) is 9.51. The van der Waals surface area contributed by atoms with Gasteiger partial charge in [-0.05, 0) is 30.7 Å². The number of carbonyl (C=O) groups excluding carboxylic acids is 1. The van der Waals surface area contributed by atoms with E-state index in [2.05, 4.69) is 6.92 Å². The van der Waals surface area contributed by atoms with Gasteiger partial charge in [0.15, 0.2) is 0 Å². The minimum Gasteiger partial charge on any atom is -0.457 e. The SMILES string of the molecule is CCCCN(C(=O)C1c2ccccc2Oc2ccccc21)c1ccccc1. The predicted octanol–water partition coefficient (Wildman–Crippen LogP) is 5.76. The van der Waals surface area contributed by atoms with Crippen molar-refractivity contribution in [3.05, 3.63) is 90.0 Å². The molecule has 3 heteroatoms. The fraction of sp³-hybridized carbons (Fsp3) is 0.208. The Morgan fingerprint density at radius 3 is 2.00 bits per heavy atom. The Labute approximate surface area is 160 Å². The molecule has 0 bridgehead atoms. The number of ether oxygens (including phenoxy) is 1. The van der Waals surface area contributed by atoms with E-state index in [1.807, 2.05) is 83.8 Å². The van der Waals surface area contributed by atoms with Crippen LogP contribution >= 0.6 is 0 Å². The zero-order chi connectivity index (χ0) is 18.6. The molecule has 136 valence electrons. The van der Waals surface area contributed by atoms with Crippen LogP contribution in [-0.4, -0.2) is 12.5 Å². The second-order valence-electron chi connectivity index (χ2n) is 6.79. The van der Waals surface area contributed by atoms with Gasteiger partial charge in [0.2, 0.25) is 5.91 Å². The van der Waals surface area contributed by atoms with Crippen LogP contribution in [0.15, 0.2) is 78.9 Å². The summed E-state index contributed by atoms with van der Waals surface area (Å²) >= 11 is 0. The number of amides is 1. The molecule has 0 saturated heterocycles. The number of rotatable bonds is 5. The third-order valence-electron chi connectivity index (χ3n) is 5.00. The maximum atomic E-state index is 13.8. The third kappa shape index (κ3) is 3.33. The molecule has 4 rings (SSSR count). The summed E-state index contributed by atoms with van der Waals surface area (Å²) in [4.78, 5) is 15.7. The van der Waals surface area contributed by atoms with Gasteiger partial charge in [-0.15, -0.1) is 0 Å². The topological polar surface area (TPSA) is 29.5 Å². The third-order valence-corrected chi connectivity index (χ3v) is 5.00. The number of fused-ring (bicyclic) bond motifs is 2. The van der Waals surface area contributed by atoms with E-state index in [-0.39, 0.29) is 11.8 Å². The summed E-state index contributed by atoms with van der Waals surface area (Å²) in [6, 6.07) is 25.6. The van der Waals surface area contributed by atoms with Gasteiger partial charge in [0.05, 0.1) is 5.92 Å². The second-order valence-corrected chi connectivity index (χ2v) is 6.79. The van der Waals surface area contributed by atoms with Crippen molar-refractivity contribution in [3.63, 3.8) is 0 Å². The molecule has 0 atom stereocenters. The van der Waals surface area contributed by atoms with E-state index >= 15 is 0 Å². The molecule has 1 heterocycles. The van der Waals surface area contributed by atoms with Crippen molar-refractivity contribution in [1.29, 1.82) is 0 Å². The van der Waals surface area contributed by atoms with Crippen LogP contribution in [-0.2, 0) is 4.79 Å². The lowest BCUT2D eigenvalue weighted by molar-refractivity contribution is -0.119. The highest BCUT2D eigenvalue weighted by atomic mass is 16.5. The molecule has 1 amide bonds.